The number of amides is 2. The van der Waals surface area contributed by atoms with Crippen LogP contribution in [0.3, 0.4) is 0 Å². The molecule has 34 heavy (non-hydrogen) atoms. The van der Waals surface area contributed by atoms with Crippen LogP contribution in [0.25, 0.3) is 0 Å². The first kappa shape index (κ1) is 24.8. The average Bonchev–Trinajstić information content (AvgIpc) is 2.84. The van der Waals surface area contributed by atoms with Gasteiger partial charge in [-0.15, -0.1) is 0 Å². The van der Waals surface area contributed by atoms with Crippen LogP contribution in [0, 0.1) is 6.92 Å². The molecule has 176 valence electrons. The molecule has 0 atom stereocenters. The Hall–Kier alpha value is -3.85. The van der Waals surface area contributed by atoms with Crippen molar-refractivity contribution < 1.29 is 23.8 Å². The topological polar surface area (TPSA) is 98.3 Å². The molecular formula is C25H24BrN3O5. The Morgan fingerprint density at radius 3 is 2.32 bits per heavy atom. The maximum absolute atomic E-state index is 12.3. The quantitative estimate of drug-likeness (QED) is 0.315. The number of hydrazone groups is 1. The number of rotatable bonds is 9. The molecule has 3 aromatic carbocycles. The summed E-state index contributed by atoms with van der Waals surface area (Å²) in [4.78, 5) is 24.5. The second kappa shape index (κ2) is 11.9. The van der Waals surface area contributed by atoms with Crippen molar-refractivity contribution >= 4 is 39.6 Å². The van der Waals surface area contributed by atoms with Gasteiger partial charge in [-0.05, 0) is 76.9 Å². The molecule has 0 bridgehead atoms. The fourth-order valence-corrected chi connectivity index (χ4v) is 3.41. The molecule has 3 aromatic rings. The molecule has 0 radical (unpaired) electrons. The zero-order chi connectivity index (χ0) is 24.5. The van der Waals surface area contributed by atoms with Crippen LogP contribution in [0.2, 0.25) is 0 Å². The minimum Gasteiger partial charge on any atom is -0.493 e. The van der Waals surface area contributed by atoms with E-state index in [0.29, 0.717) is 33.0 Å². The molecule has 0 spiro atoms. The van der Waals surface area contributed by atoms with E-state index in [2.05, 4.69) is 31.8 Å². The van der Waals surface area contributed by atoms with Gasteiger partial charge in [0.15, 0.2) is 18.1 Å². The summed E-state index contributed by atoms with van der Waals surface area (Å²) in [6.45, 7) is 1.84. The van der Waals surface area contributed by atoms with Crippen LogP contribution in [0.5, 0.6) is 17.2 Å². The first-order valence-electron chi connectivity index (χ1n) is 10.2. The second-order valence-corrected chi connectivity index (χ2v) is 8.02. The molecule has 3 rings (SSSR count). The van der Waals surface area contributed by atoms with Gasteiger partial charge in [0, 0.05) is 11.3 Å². The summed E-state index contributed by atoms with van der Waals surface area (Å²) in [5.74, 6) is 0.828. The van der Waals surface area contributed by atoms with Crippen LogP contribution in [0.4, 0.5) is 5.69 Å². The summed E-state index contributed by atoms with van der Waals surface area (Å²) in [5.41, 5.74) is 5.39. The van der Waals surface area contributed by atoms with E-state index < -0.39 is 5.91 Å². The molecule has 0 saturated carbocycles. The van der Waals surface area contributed by atoms with Crippen molar-refractivity contribution in [2.24, 2.45) is 5.10 Å². The van der Waals surface area contributed by atoms with E-state index in [1.54, 1.807) is 36.4 Å². The minimum atomic E-state index is -0.393. The molecule has 0 saturated heterocycles. The number of carbonyl (C=O) groups excluding carboxylic acids is 2. The van der Waals surface area contributed by atoms with Gasteiger partial charge in [-0.25, -0.2) is 5.43 Å². The van der Waals surface area contributed by atoms with Gasteiger partial charge < -0.3 is 19.5 Å². The highest BCUT2D eigenvalue weighted by molar-refractivity contribution is 9.10. The fraction of sp³-hybridized carbons (Fsp3) is 0.160. The zero-order valence-electron chi connectivity index (χ0n) is 18.9. The van der Waals surface area contributed by atoms with E-state index in [1.165, 1.54) is 20.4 Å². The number of nitrogens with one attached hydrogen (secondary N) is 2. The highest BCUT2D eigenvalue weighted by Gasteiger charge is 2.10. The first-order chi connectivity index (χ1) is 16.4. The monoisotopic (exact) mass is 525 g/mol. The number of hydrogen-bond donors (Lipinski definition) is 2. The third-order valence-electron chi connectivity index (χ3n) is 4.68. The molecule has 9 heteroatoms. The smallest absolute Gasteiger partial charge is 0.271 e. The first-order valence-corrected chi connectivity index (χ1v) is 11.0. The van der Waals surface area contributed by atoms with Crippen LogP contribution in [0.1, 0.15) is 21.5 Å². The zero-order valence-corrected chi connectivity index (χ0v) is 20.5. The molecule has 8 nitrogen and oxygen atoms in total. The second-order valence-electron chi connectivity index (χ2n) is 7.16. The summed E-state index contributed by atoms with van der Waals surface area (Å²) in [6.07, 6.45) is 1.50. The lowest BCUT2D eigenvalue weighted by Gasteiger charge is -2.10. The predicted octanol–water partition coefficient (Wildman–Crippen LogP) is 4.56. The van der Waals surface area contributed by atoms with E-state index in [9.17, 15) is 9.59 Å². The predicted molar refractivity (Wildman–Crippen MR) is 134 cm³/mol. The molecule has 0 fully saturated rings. The van der Waals surface area contributed by atoms with Gasteiger partial charge in [0.25, 0.3) is 11.8 Å². The molecule has 2 N–H and O–H groups in total. The van der Waals surface area contributed by atoms with Gasteiger partial charge in [0.05, 0.1) is 24.9 Å². The van der Waals surface area contributed by atoms with Crippen molar-refractivity contribution in [3.8, 4) is 17.2 Å². The Morgan fingerprint density at radius 1 is 0.941 bits per heavy atom. The molecule has 0 aromatic heterocycles. The van der Waals surface area contributed by atoms with E-state index in [0.717, 1.165) is 11.1 Å². The lowest BCUT2D eigenvalue weighted by molar-refractivity contribution is -0.118. The van der Waals surface area contributed by atoms with Crippen LogP contribution in [-0.4, -0.2) is 38.9 Å². The van der Waals surface area contributed by atoms with Gasteiger partial charge in [-0.2, -0.15) is 5.10 Å². The number of benzene rings is 3. The van der Waals surface area contributed by atoms with Crippen LogP contribution in [0.15, 0.2) is 70.2 Å². The minimum absolute atomic E-state index is 0.138. The number of anilines is 1. The maximum atomic E-state index is 12.3. The van der Waals surface area contributed by atoms with Gasteiger partial charge in [0.2, 0.25) is 0 Å². The van der Waals surface area contributed by atoms with E-state index in [-0.39, 0.29) is 12.5 Å². The number of methoxy groups -OCH3 is 2. The molecule has 0 unspecified atom stereocenters. The Bertz CT molecular complexity index is 1200. The van der Waals surface area contributed by atoms with Gasteiger partial charge in [0.1, 0.15) is 5.75 Å². The Kier molecular flexibility index (Phi) is 8.64. The standard InChI is InChI=1S/C25H24BrN3O5/c1-16-4-8-19(9-5-16)28-24(30)15-34-21-10-6-17(12-20(21)26)14-27-29-25(31)18-7-11-22(32-2)23(13-18)33-3/h4-14H,15H2,1-3H3,(H,28,30)(H,29,31)/b27-14+. The van der Waals surface area contributed by atoms with E-state index in [4.69, 9.17) is 14.2 Å². The third-order valence-corrected chi connectivity index (χ3v) is 5.30. The van der Waals surface area contributed by atoms with Gasteiger partial charge in [-0.3, -0.25) is 9.59 Å². The number of carbonyl (C=O) groups is 2. The summed E-state index contributed by atoms with van der Waals surface area (Å²) >= 11 is 3.43. The largest absolute Gasteiger partial charge is 0.493 e. The summed E-state index contributed by atoms with van der Waals surface area (Å²) in [6, 6.07) is 17.6. The molecule has 0 aliphatic heterocycles. The number of aryl methyl sites for hydroxylation is 1. The SMILES string of the molecule is COc1ccc(C(=O)N/N=C/c2ccc(OCC(=O)Nc3ccc(C)cc3)c(Br)c2)cc1OC. The summed E-state index contributed by atoms with van der Waals surface area (Å²) in [5, 5.41) is 6.77. The molecule has 0 aliphatic carbocycles. The average molecular weight is 526 g/mol. The normalized spacial score (nSPS) is 10.6. The summed E-state index contributed by atoms with van der Waals surface area (Å²) < 4.78 is 16.6. The number of halogens is 1. The van der Waals surface area contributed by atoms with E-state index in [1.807, 2.05) is 31.2 Å². The molecule has 0 aliphatic rings. The van der Waals surface area contributed by atoms with Crippen molar-refractivity contribution in [1.29, 1.82) is 0 Å². The van der Waals surface area contributed by atoms with Crippen molar-refractivity contribution in [1.82, 2.24) is 5.43 Å². The number of nitrogens with zero attached hydrogens (tertiary/aromatic N) is 1. The van der Waals surface area contributed by atoms with Crippen molar-refractivity contribution in [2.45, 2.75) is 6.92 Å². The molecular weight excluding hydrogens is 502 g/mol. The maximum Gasteiger partial charge on any atom is 0.271 e. The lowest BCUT2D eigenvalue weighted by atomic mass is 10.2. The van der Waals surface area contributed by atoms with Crippen LogP contribution in [-0.2, 0) is 4.79 Å². The summed E-state index contributed by atoms with van der Waals surface area (Å²) in [7, 11) is 3.02. The van der Waals surface area contributed by atoms with Crippen LogP contribution >= 0.6 is 15.9 Å². The molecule has 0 heterocycles. The van der Waals surface area contributed by atoms with E-state index >= 15 is 0 Å². The highest BCUT2D eigenvalue weighted by atomic mass is 79.9. The fourth-order valence-electron chi connectivity index (χ4n) is 2.90. The van der Waals surface area contributed by atoms with Crippen LogP contribution < -0.4 is 25.0 Å². The number of hydrogen-bond acceptors (Lipinski definition) is 6. The van der Waals surface area contributed by atoms with Crippen molar-refractivity contribution in [2.75, 3.05) is 26.1 Å². The Balaban J connectivity index is 1.53. The van der Waals surface area contributed by atoms with Crippen molar-refractivity contribution in [3.63, 3.8) is 0 Å². The number of ether oxygens (including phenoxy) is 3. The lowest BCUT2D eigenvalue weighted by Crippen LogP contribution is -2.20. The highest BCUT2D eigenvalue weighted by Crippen LogP contribution is 2.27. The third kappa shape index (κ3) is 6.82. The Labute approximate surface area is 206 Å². The van der Waals surface area contributed by atoms with Gasteiger partial charge in [-0.1, -0.05) is 17.7 Å². The van der Waals surface area contributed by atoms with Crippen molar-refractivity contribution in [3.05, 3.63) is 81.8 Å². The Morgan fingerprint density at radius 2 is 1.65 bits per heavy atom. The molecule has 2 amide bonds. The van der Waals surface area contributed by atoms with Gasteiger partial charge >= 0.3 is 0 Å².